The van der Waals surface area contributed by atoms with Crippen molar-refractivity contribution in [3.05, 3.63) is 34.8 Å². The van der Waals surface area contributed by atoms with Crippen LogP contribution in [0.3, 0.4) is 0 Å². The summed E-state index contributed by atoms with van der Waals surface area (Å²) < 4.78 is 5.54. The molecule has 1 aromatic carbocycles. The van der Waals surface area contributed by atoms with Crippen LogP contribution in [0.2, 0.25) is 0 Å². The van der Waals surface area contributed by atoms with Gasteiger partial charge in [-0.3, -0.25) is 5.32 Å². The molecule has 4 N–H and O–H groups in total. The molecule has 1 fully saturated rings. The van der Waals surface area contributed by atoms with Crippen molar-refractivity contribution in [1.29, 1.82) is 0 Å². The van der Waals surface area contributed by atoms with Crippen LogP contribution in [-0.2, 0) is 4.74 Å². The molecule has 3 rings (SSSR count). The second kappa shape index (κ2) is 8.09. The van der Waals surface area contributed by atoms with E-state index < -0.39 is 24.3 Å². The highest BCUT2D eigenvalue weighted by molar-refractivity contribution is 7.15. The monoisotopic (exact) mass is 378 g/mol. The number of para-hydroxylation sites is 1. The van der Waals surface area contributed by atoms with Crippen molar-refractivity contribution in [3.8, 4) is 0 Å². The van der Waals surface area contributed by atoms with Crippen molar-refractivity contribution in [2.45, 2.75) is 44.5 Å². The van der Waals surface area contributed by atoms with E-state index in [2.05, 4.69) is 34.7 Å². The third-order valence-electron chi connectivity index (χ3n) is 4.17. The summed E-state index contributed by atoms with van der Waals surface area (Å²) in [6.45, 7) is 3.87. The number of amides is 2. The number of carbonyl (C=O) groups excluding carboxylic acids is 1. The van der Waals surface area contributed by atoms with E-state index >= 15 is 0 Å². The molecule has 8 nitrogen and oxygen atoms in total. The number of rotatable bonds is 5. The smallest absolute Gasteiger partial charge is 0.325 e. The van der Waals surface area contributed by atoms with Gasteiger partial charge in [0, 0.05) is 12.1 Å². The number of anilines is 2. The fraction of sp³-hybridized carbons (Fsp3) is 0.471. The maximum Gasteiger partial charge on any atom is 0.325 e. The number of nitrogens with one attached hydrogen (secondary N) is 2. The number of hydrogen-bond acceptors (Lipinski definition) is 7. The van der Waals surface area contributed by atoms with Gasteiger partial charge in [0.05, 0.1) is 12.7 Å². The van der Waals surface area contributed by atoms with Crippen molar-refractivity contribution in [1.82, 2.24) is 10.2 Å². The second-order valence-electron chi connectivity index (χ2n) is 6.42. The minimum Gasteiger partial charge on any atom is -0.394 e. The van der Waals surface area contributed by atoms with Gasteiger partial charge in [-0.15, -0.1) is 10.2 Å². The molecular formula is C17H22N4O4S. The highest BCUT2D eigenvalue weighted by Crippen LogP contribution is 2.35. The lowest BCUT2D eigenvalue weighted by molar-refractivity contribution is -0.0227. The van der Waals surface area contributed by atoms with Gasteiger partial charge in [-0.2, -0.15) is 0 Å². The first-order chi connectivity index (χ1) is 12.5. The molecule has 2 heterocycles. The number of nitrogens with zero attached hydrogens (tertiary/aromatic N) is 2. The van der Waals surface area contributed by atoms with E-state index in [1.807, 2.05) is 24.3 Å². The lowest BCUT2D eigenvalue weighted by atomic mass is 10.0. The summed E-state index contributed by atoms with van der Waals surface area (Å²) in [6.07, 6.45) is -1.44. The van der Waals surface area contributed by atoms with Crippen molar-refractivity contribution in [2.75, 3.05) is 17.2 Å². The third kappa shape index (κ3) is 4.18. The van der Waals surface area contributed by atoms with Crippen LogP contribution in [0, 0.1) is 0 Å². The molecule has 0 spiro atoms. The van der Waals surface area contributed by atoms with Gasteiger partial charge in [-0.05, 0) is 17.5 Å². The van der Waals surface area contributed by atoms with E-state index in [9.17, 15) is 9.90 Å². The van der Waals surface area contributed by atoms with Gasteiger partial charge in [-0.25, -0.2) is 4.79 Å². The largest absolute Gasteiger partial charge is 0.394 e. The van der Waals surface area contributed by atoms with E-state index in [-0.39, 0.29) is 12.5 Å². The third-order valence-corrected chi connectivity index (χ3v) is 5.10. The van der Waals surface area contributed by atoms with E-state index in [0.29, 0.717) is 16.6 Å². The summed E-state index contributed by atoms with van der Waals surface area (Å²) in [4.78, 5) is 12.3. The van der Waals surface area contributed by atoms with Crippen LogP contribution < -0.4 is 10.6 Å². The molecule has 1 saturated heterocycles. The van der Waals surface area contributed by atoms with E-state index in [1.165, 1.54) is 11.3 Å². The number of hydrogen-bond donors (Lipinski definition) is 4. The predicted octanol–water partition coefficient (Wildman–Crippen LogP) is 2.49. The molecule has 2 aromatic rings. The zero-order valence-electron chi connectivity index (χ0n) is 14.5. The van der Waals surface area contributed by atoms with Crippen LogP contribution in [0.4, 0.5) is 15.6 Å². The van der Waals surface area contributed by atoms with Gasteiger partial charge >= 0.3 is 6.03 Å². The van der Waals surface area contributed by atoms with Crippen LogP contribution in [0.15, 0.2) is 24.3 Å². The lowest BCUT2D eigenvalue weighted by Crippen LogP contribution is -2.24. The number of carbonyl (C=O) groups is 1. The number of ether oxygens (including phenoxy) is 1. The topological polar surface area (TPSA) is 117 Å². The summed E-state index contributed by atoms with van der Waals surface area (Å²) >= 11 is 1.18. The summed E-state index contributed by atoms with van der Waals surface area (Å²) in [5.41, 5.74) is 1.79. The Hall–Kier alpha value is -2.07. The van der Waals surface area contributed by atoms with Crippen LogP contribution in [-0.4, -0.2) is 45.3 Å². The first-order valence-corrected chi connectivity index (χ1v) is 9.24. The highest BCUT2D eigenvalue weighted by atomic mass is 32.1. The molecule has 9 heteroatoms. The number of aromatic nitrogens is 2. The first kappa shape index (κ1) is 18.7. The van der Waals surface area contributed by atoms with Gasteiger partial charge in [0.15, 0.2) is 0 Å². The standard InChI is InChI=1S/C17H22N4O4S/c1-9(2)10-5-3-4-6-11(10)18-16(24)19-17-21-20-15(26-17)13-7-12(23)14(8-22)25-13/h3-6,9,12-14,22-23H,7-8H2,1-2H3,(H2,18,19,21,24)/t12-,13-,14+/m0/s1. The predicted molar refractivity (Wildman–Crippen MR) is 98.4 cm³/mol. The molecule has 1 aromatic heterocycles. The molecule has 1 aliphatic rings. The zero-order valence-corrected chi connectivity index (χ0v) is 15.4. The van der Waals surface area contributed by atoms with Crippen LogP contribution in [0.25, 0.3) is 0 Å². The van der Waals surface area contributed by atoms with Gasteiger partial charge < -0.3 is 20.3 Å². The Labute approximate surface area is 155 Å². The Balaban J connectivity index is 1.62. The van der Waals surface area contributed by atoms with Crippen molar-refractivity contribution >= 4 is 28.2 Å². The fourth-order valence-electron chi connectivity index (χ4n) is 2.83. The Morgan fingerprint density at radius 3 is 2.81 bits per heavy atom. The zero-order chi connectivity index (χ0) is 18.7. The Morgan fingerprint density at radius 2 is 2.12 bits per heavy atom. The molecule has 2 amide bonds. The summed E-state index contributed by atoms with van der Waals surface area (Å²) in [5, 5.41) is 33.3. The molecule has 0 radical (unpaired) electrons. The SMILES string of the molecule is CC(C)c1ccccc1NC(=O)Nc1nnc([C@@H]2C[C@H](O)[C@@H](CO)O2)s1. The normalized spacial score (nSPS) is 22.6. The minimum absolute atomic E-state index is 0.251. The number of aliphatic hydroxyl groups is 2. The van der Waals surface area contributed by atoms with Crippen LogP contribution in [0.1, 0.15) is 42.9 Å². The Morgan fingerprint density at radius 1 is 1.35 bits per heavy atom. The van der Waals surface area contributed by atoms with E-state index in [4.69, 9.17) is 9.84 Å². The van der Waals surface area contributed by atoms with Crippen molar-refractivity contribution in [2.24, 2.45) is 0 Å². The average molecular weight is 378 g/mol. The Bertz CT molecular complexity index is 767. The second-order valence-corrected chi connectivity index (χ2v) is 7.42. The molecule has 0 bridgehead atoms. The fourth-order valence-corrected chi connectivity index (χ4v) is 3.62. The van der Waals surface area contributed by atoms with E-state index in [1.54, 1.807) is 0 Å². The number of aliphatic hydroxyl groups excluding tert-OH is 2. The molecule has 0 saturated carbocycles. The van der Waals surface area contributed by atoms with Crippen molar-refractivity contribution in [3.63, 3.8) is 0 Å². The van der Waals surface area contributed by atoms with Gasteiger partial charge in [0.2, 0.25) is 5.13 Å². The minimum atomic E-state index is -0.735. The van der Waals surface area contributed by atoms with Crippen molar-refractivity contribution < 1.29 is 19.7 Å². The molecule has 1 aliphatic heterocycles. The Kier molecular flexibility index (Phi) is 5.82. The van der Waals surface area contributed by atoms with E-state index in [0.717, 1.165) is 11.3 Å². The molecule has 0 unspecified atom stereocenters. The summed E-state index contributed by atoms with van der Waals surface area (Å²) in [7, 11) is 0. The average Bonchev–Trinajstić information content (AvgIpc) is 3.21. The number of urea groups is 1. The van der Waals surface area contributed by atoms with Gasteiger partial charge in [0.1, 0.15) is 17.2 Å². The molecule has 26 heavy (non-hydrogen) atoms. The quantitative estimate of drug-likeness (QED) is 0.635. The summed E-state index contributed by atoms with van der Waals surface area (Å²) in [5.74, 6) is 0.282. The lowest BCUT2D eigenvalue weighted by Gasteiger charge is -2.13. The molecular weight excluding hydrogens is 356 g/mol. The molecule has 0 aliphatic carbocycles. The van der Waals surface area contributed by atoms with Gasteiger partial charge in [0.25, 0.3) is 0 Å². The number of benzene rings is 1. The first-order valence-electron chi connectivity index (χ1n) is 8.42. The molecule has 3 atom stereocenters. The maximum atomic E-state index is 12.3. The van der Waals surface area contributed by atoms with Crippen LogP contribution in [0.5, 0.6) is 0 Å². The van der Waals surface area contributed by atoms with Gasteiger partial charge in [-0.1, -0.05) is 43.4 Å². The maximum absolute atomic E-state index is 12.3. The molecule has 140 valence electrons. The highest BCUT2D eigenvalue weighted by Gasteiger charge is 2.36. The summed E-state index contributed by atoms with van der Waals surface area (Å²) in [6, 6.07) is 7.23. The van der Waals surface area contributed by atoms with Crippen LogP contribution >= 0.6 is 11.3 Å².